The number of fused-ring (bicyclic) bond motifs is 1. The van der Waals surface area contributed by atoms with Crippen molar-refractivity contribution in [1.29, 1.82) is 0 Å². The molecule has 0 radical (unpaired) electrons. The fourth-order valence-electron chi connectivity index (χ4n) is 3.52. The lowest BCUT2D eigenvalue weighted by Crippen LogP contribution is -2.20. The predicted molar refractivity (Wildman–Crippen MR) is 79.1 cm³/mol. The second-order valence-electron chi connectivity index (χ2n) is 5.79. The number of hydrogen-bond donors (Lipinski definition) is 1. The van der Waals surface area contributed by atoms with Crippen LogP contribution in [0.3, 0.4) is 0 Å². The van der Waals surface area contributed by atoms with E-state index in [1.165, 1.54) is 18.9 Å². The molecule has 1 heterocycles. The third kappa shape index (κ3) is 2.22. The van der Waals surface area contributed by atoms with Gasteiger partial charge in [-0.05, 0) is 49.9 Å². The summed E-state index contributed by atoms with van der Waals surface area (Å²) in [6, 6.07) is 4.88. The van der Waals surface area contributed by atoms with Crippen LogP contribution in [-0.2, 0) is 6.54 Å². The Bertz CT molecular complexity index is 605. The topological polar surface area (TPSA) is 43.8 Å². The van der Waals surface area contributed by atoms with E-state index >= 15 is 0 Å². The van der Waals surface area contributed by atoms with Crippen molar-refractivity contribution in [3.8, 4) is 0 Å². The number of aromatic nitrogens is 2. The molecule has 3 rings (SSSR count). The Morgan fingerprint density at radius 2 is 2.25 bits per heavy atom. The molecule has 2 unspecified atom stereocenters. The molecule has 1 aromatic heterocycles. The number of nitrogens with two attached hydrogens (primary N) is 1. The van der Waals surface area contributed by atoms with Crippen molar-refractivity contribution in [2.75, 3.05) is 6.54 Å². The van der Waals surface area contributed by atoms with Crippen LogP contribution in [0.5, 0.6) is 0 Å². The fourth-order valence-corrected chi connectivity index (χ4v) is 3.52. The molecule has 2 atom stereocenters. The normalized spacial score (nSPS) is 22.8. The molecule has 1 fully saturated rings. The van der Waals surface area contributed by atoms with Crippen LogP contribution in [0.1, 0.15) is 44.3 Å². The van der Waals surface area contributed by atoms with E-state index in [-0.39, 0.29) is 5.82 Å². The minimum atomic E-state index is -0.192. The molecule has 0 saturated heterocycles. The maximum atomic E-state index is 13.5. The molecule has 2 N–H and O–H groups in total. The first-order valence-electron chi connectivity index (χ1n) is 7.60. The monoisotopic (exact) mass is 275 g/mol. The number of benzene rings is 1. The molecule has 0 spiro atoms. The van der Waals surface area contributed by atoms with Crippen LogP contribution in [0, 0.1) is 11.7 Å². The molecule has 2 aromatic rings. The minimum absolute atomic E-state index is 0.192. The van der Waals surface area contributed by atoms with Crippen molar-refractivity contribution in [3.63, 3.8) is 0 Å². The van der Waals surface area contributed by atoms with Crippen LogP contribution in [0.2, 0.25) is 0 Å². The molecular formula is C16H22FN3. The summed E-state index contributed by atoms with van der Waals surface area (Å²) in [5, 5.41) is 0. The van der Waals surface area contributed by atoms with E-state index in [0.717, 1.165) is 36.2 Å². The van der Waals surface area contributed by atoms with Gasteiger partial charge in [0.05, 0.1) is 11.0 Å². The first-order valence-corrected chi connectivity index (χ1v) is 7.60. The summed E-state index contributed by atoms with van der Waals surface area (Å²) in [6.07, 6.45) is 4.58. The molecule has 0 bridgehead atoms. The highest BCUT2D eigenvalue weighted by Gasteiger charge is 2.31. The lowest BCUT2D eigenvalue weighted by Gasteiger charge is -2.19. The van der Waals surface area contributed by atoms with Gasteiger partial charge in [-0.1, -0.05) is 13.3 Å². The molecular weight excluding hydrogens is 253 g/mol. The average Bonchev–Trinajstić information content (AvgIpc) is 3.03. The number of rotatable bonds is 4. The summed E-state index contributed by atoms with van der Waals surface area (Å²) in [5.74, 6) is 1.87. The maximum Gasteiger partial charge on any atom is 0.125 e. The Morgan fingerprint density at radius 3 is 3.00 bits per heavy atom. The molecule has 3 nitrogen and oxygen atoms in total. The number of aryl methyl sites for hydroxylation is 1. The summed E-state index contributed by atoms with van der Waals surface area (Å²) in [6.45, 7) is 3.75. The zero-order valence-corrected chi connectivity index (χ0v) is 12.0. The van der Waals surface area contributed by atoms with Crippen molar-refractivity contribution in [2.24, 2.45) is 11.7 Å². The summed E-state index contributed by atoms with van der Waals surface area (Å²) in [7, 11) is 0. The van der Waals surface area contributed by atoms with Gasteiger partial charge in [-0.25, -0.2) is 9.37 Å². The molecule has 0 aliphatic heterocycles. The lowest BCUT2D eigenvalue weighted by atomic mass is 9.95. The summed E-state index contributed by atoms with van der Waals surface area (Å²) < 4.78 is 15.7. The van der Waals surface area contributed by atoms with E-state index in [0.29, 0.717) is 18.4 Å². The zero-order chi connectivity index (χ0) is 14.1. The minimum Gasteiger partial charge on any atom is -0.330 e. The van der Waals surface area contributed by atoms with Crippen molar-refractivity contribution < 1.29 is 4.39 Å². The highest BCUT2D eigenvalue weighted by atomic mass is 19.1. The average molecular weight is 275 g/mol. The number of imidazole rings is 1. The van der Waals surface area contributed by atoms with Crippen molar-refractivity contribution in [2.45, 2.75) is 45.1 Å². The van der Waals surface area contributed by atoms with Crippen LogP contribution >= 0.6 is 0 Å². The van der Waals surface area contributed by atoms with Gasteiger partial charge in [0.2, 0.25) is 0 Å². The Hall–Kier alpha value is -1.42. The van der Waals surface area contributed by atoms with Crippen LogP contribution in [0.25, 0.3) is 11.0 Å². The molecule has 1 aromatic carbocycles. The zero-order valence-electron chi connectivity index (χ0n) is 12.0. The first-order chi connectivity index (χ1) is 9.74. The maximum absolute atomic E-state index is 13.5. The molecule has 1 aliphatic carbocycles. The van der Waals surface area contributed by atoms with Crippen LogP contribution in [-0.4, -0.2) is 16.1 Å². The lowest BCUT2D eigenvalue weighted by molar-refractivity contribution is 0.459. The highest BCUT2D eigenvalue weighted by Crippen LogP contribution is 2.39. The van der Waals surface area contributed by atoms with Crippen molar-refractivity contribution >= 4 is 11.0 Å². The van der Waals surface area contributed by atoms with Gasteiger partial charge < -0.3 is 10.3 Å². The van der Waals surface area contributed by atoms with Crippen molar-refractivity contribution in [1.82, 2.24) is 9.55 Å². The van der Waals surface area contributed by atoms with Crippen LogP contribution in [0.15, 0.2) is 18.2 Å². The van der Waals surface area contributed by atoms with Gasteiger partial charge in [0.1, 0.15) is 11.6 Å². The van der Waals surface area contributed by atoms with Gasteiger partial charge >= 0.3 is 0 Å². The molecule has 20 heavy (non-hydrogen) atoms. The summed E-state index contributed by atoms with van der Waals surface area (Å²) >= 11 is 0. The van der Waals surface area contributed by atoms with Gasteiger partial charge in [-0.2, -0.15) is 0 Å². The fraction of sp³-hybridized carbons (Fsp3) is 0.562. The Balaban J connectivity index is 2.11. The largest absolute Gasteiger partial charge is 0.330 e. The molecule has 4 heteroatoms. The highest BCUT2D eigenvalue weighted by molar-refractivity contribution is 5.76. The smallest absolute Gasteiger partial charge is 0.125 e. The van der Waals surface area contributed by atoms with Crippen LogP contribution in [0.4, 0.5) is 4.39 Å². The van der Waals surface area contributed by atoms with E-state index in [1.54, 1.807) is 12.1 Å². The van der Waals surface area contributed by atoms with Gasteiger partial charge in [-0.3, -0.25) is 0 Å². The van der Waals surface area contributed by atoms with E-state index in [1.807, 2.05) is 0 Å². The summed E-state index contributed by atoms with van der Waals surface area (Å²) in [5.41, 5.74) is 7.73. The number of halogens is 1. The molecule has 108 valence electrons. The SMILES string of the molecule is CCCn1c(C2CCCC2CN)nc2ccc(F)cc21. The predicted octanol–water partition coefficient (Wildman–Crippen LogP) is 3.43. The third-order valence-electron chi connectivity index (χ3n) is 4.48. The van der Waals surface area contributed by atoms with E-state index in [9.17, 15) is 4.39 Å². The van der Waals surface area contributed by atoms with Gasteiger partial charge in [0, 0.05) is 12.5 Å². The summed E-state index contributed by atoms with van der Waals surface area (Å²) in [4.78, 5) is 4.79. The number of hydrogen-bond acceptors (Lipinski definition) is 2. The first kappa shape index (κ1) is 13.6. The van der Waals surface area contributed by atoms with Gasteiger partial charge in [-0.15, -0.1) is 0 Å². The standard InChI is InChI=1S/C16H22FN3/c1-2-8-20-15-9-12(17)6-7-14(15)19-16(20)13-5-3-4-11(13)10-18/h6-7,9,11,13H,2-5,8,10,18H2,1H3. The quantitative estimate of drug-likeness (QED) is 0.929. The second kappa shape index (κ2) is 5.52. The molecule has 1 aliphatic rings. The number of nitrogens with zero attached hydrogens (tertiary/aromatic N) is 2. The van der Waals surface area contributed by atoms with Gasteiger partial charge in [0.25, 0.3) is 0 Å². The van der Waals surface area contributed by atoms with E-state index in [4.69, 9.17) is 10.7 Å². The van der Waals surface area contributed by atoms with E-state index < -0.39 is 0 Å². The third-order valence-corrected chi connectivity index (χ3v) is 4.48. The van der Waals surface area contributed by atoms with Crippen molar-refractivity contribution in [3.05, 3.63) is 29.8 Å². The molecule has 0 amide bonds. The van der Waals surface area contributed by atoms with Gasteiger partial charge in [0.15, 0.2) is 0 Å². The second-order valence-corrected chi connectivity index (χ2v) is 5.79. The van der Waals surface area contributed by atoms with E-state index in [2.05, 4.69) is 11.5 Å². The Labute approximate surface area is 119 Å². The van der Waals surface area contributed by atoms with Crippen LogP contribution < -0.4 is 5.73 Å². The Morgan fingerprint density at radius 1 is 1.40 bits per heavy atom. The Kier molecular flexibility index (Phi) is 3.74. The molecule has 1 saturated carbocycles.